The van der Waals surface area contributed by atoms with Crippen molar-refractivity contribution in [2.24, 2.45) is 16.5 Å². The van der Waals surface area contributed by atoms with Crippen LogP contribution in [-0.2, 0) is 6.42 Å². The maximum absolute atomic E-state index is 11.9. The molecule has 1 aromatic rings. The molecule has 3 nitrogen and oxygen atoms in total. The standard InChI is InChI=1S/C9H12FN3S/c10-14-9(12)13-8-3-1-7(2-4-8)5-6-11/h1-4H,5-6,11H2,(H2,12,13). The summed E-state index contributed by atoms with van der Waals surface area (Å²) in [6.45, 7) is 0.616. The Hall–Kier alpha value is -1.07. The van der Waals surface area contributed by atoms with Crippen molar-refractivity contribution in [3.05, 3.63) is 29.8 Å². The van der Waals surface area contributed by atoms with Crippen molar-refractivity contribution in [1.29, 1.82) is 0 Å². The fourth-order valence-electron chi connectivity index (χ4n) is 1.05. The maximum Gasteiger partial charge on any atom is 0.192 e. The Morgan fingerprint density at radius 2 is 2.00 bits per heavy atom. The predicted octanol–water partition coefficient (Wildman–Crippen LogP) is 1.75. The second-order valence-electron chi connectivity index (χ2n) is 2.73. The molecule has 4 N–H and O–H groups in total. The Kier molecular flexibility index (Phi) is 4.42. The molecule has 0 radical (unpaired) electrons. The van der Waals surface area contributed by atoms with E-state index in [9.17, 15) is 3.89 Å². The molecule has 0 aliphatic heterocycles. The van der Waals surface area contributed by atoms with Gasteiger partial charge in [-0.2, -0.15) is 3.89 Å². The molecule has 0 spiro atoms. The van der Waals surface area contributed by atoms with E-state index < -0.39 is 0 Å². The predicted molar refractivity (Wildman–Crippen MR) is 59.2 cm³/mol. The number of hydrogen-bond acceptors (Lipinski definition) is 3. The Bertz CT molecular complexity index is 310. The zero-order valence-electron chi connectivity index (χ0n) is 7.61. The van der Waals surface area contributed by atoms with Crippen molar-refractivity contribution in [3.8, 4) is 0 Å². The number of halogens is 1. The van der Waals surface area contributed by atoms with E-state index in [4.69, 9.17) is 11.5 Å². The van der Waals surface area contributed by atoms with E-state index in [0.717, 1.165) is 12.0 Å². The average molecular weight is 213 g/mol. The van der Waals surface area contributed by atoms with Gasteiger partial charge in [0.05, 0.1) is 5.69 Å². The van der Waals surface area contributed by atoms with Crippen molar-refractivity contribution in [2.45, 2.75) is 6.42 Å². The van der Waals surface area contributed by atoms with Gasteiger partial charge in [-0.25, -0.2) is 4.99 Å². The van der Waals surface area contributed by atoms with Crippen molar-refractivity contribution in [2.75, 3.05) is 6.54 Å². The first-order valence-electron chi connectivity index (χ1n) is 4.18. The highest BCUT2D eigenvalue weighted by Crippen LogP contribution is 2.15. The first-order chi connectivity index (χ1) is 6.76. The summed E-state index contributed by atoms with van der Waals surface area (Å²) in [5.41, 5.74) is 12.4. The molecule has 1 aromatic carbocycles. The monoisotopic (exact) mass is 213 g/mol. The van der Waals surface area contributed by atoms with Gasteiger partial charge in [-0.15, -0.1) is 0 Å². The van der Waals surface area contributed by atoms with Crippen LogP contribution in [0, 0.1) is 0 Å². The molecule has 0 aliphatic rings. The second kappa shape index (κ2) is 5.62. The number of nitrogens with two attached hydrogens (primary N) is 2. The van der Waals surface area contributed by atoms with Crippen LogP contribution in [0.3, 0.4) is 0 Å². The number of nitrogens with zero attached hydrogens (tertiary/aromatic N) is 1. The minimum Gasteiger partial charge on any atom is -0.376 e. The van der Waals surface area contributed by atoms with Crippen LogP contribution in [0.15, 0.2) is 29.3 Å². The minimum atomic E-state index is -0.0865. The molecule has 76 valence electrons. The van der Waals surface area contributed by atoms with Crippen LogP contribution in [0.4, 0.5) is 9.57 Å². The topological polar surface area (TPSA) is 64.4 Å². The van der Waals surface area contributed by atoms with Crippen LogP contribution in [-0.4, -0.2) is 11.7 Å². The van der Waals surface area contributed by atoms with Gasteiger partial charge < -0.3 is 11.5 Å². The van der Waals surface area contributed by atoms with E-state index >= 15 is 0 Å². The SMILES string of the molecule is NCCc1ccc(N=C(N)SF)cc1. The van der Waals surface area contributed by atoms with Crippen molar-refractivity contribution in [3.63, 3.8) is 0 Å². The van der Waals surface area contributed by atoms with Crippen LogP contribution < -0.4 is 11.5 Å². The second-order valence-corrected chi connectivity index (χ2v) is 3.30. The summed E-state index contributed by atoms with van der Waals surface area (Å²) in [5.74, 6) is 0. The Labute approximate surface area is 86.7 Å². The number of aliphatic imine (C=N–C) groups is 1. The molecule has 14 heavy (non-hydrogen) atoms. The zero-order chi connectivity index (χ0) is 10.4. The molecular weight excluding hydrogens is 201 g/mol. The van der Waals surface area contributed by atoms with Gasteiger partial charge in [-0.3, -0.25) is 0 Å². The Morgan fingerprint density at radius 3 is 2.50 bits per heavy atom. The molecular formula is C9H12FN3S. The molecule has 0 aliphatic carbocycles. The Morgan fingerprint density at radius 1 is 1.36 bits per heavy atom. The van der Waals surface area contributed by atoms with Gasteiger partial charge in [-0.1, -0.05) is 12.1 Å². The normalized spacial score (nSPS) is 11.7. The lowest BCUT2D eigenvalue weighted by Crippen LogP contribution is -2.03. The fourth-order valence-corrected chi connectivity index (χ4v) is 1.19. The maximum atomic E-state index is 11.9. The van der Waals surface area contributed by atoms with E-state index in [0.29, 0.717) is 12.2 Å². The summed E-state index contributed by atoms with van der Waals surface area (Å²) in [7, 11) is 0. The van der Waals surface area contributed by atoms with E-state index in [1.807, 2.05) is 12.1 Å². The number of amidine groups is 1. The Balaban J connectivity index is 2.73. The molecule has 5 heteroatoms. The summed E-state index contributed by atoms with van der Waals surface area (Å²) in [5, 5.41) is -0.0865. The van der Waals surface area contributed by atoms with Gasteiger partial charge in [0, 0.05) is 0 Å². The molecule has 0 fully saturated rings. The van der Waals surface area contributed by atoms with Crippen LogP contribution in [0.5, 0.6) is 0 Å². The van der Waals surface area contributed by atoms with E-state index in [2.05, 4.69) is 4.99 Å². The fraction of sp³-hybridized carbons (Fsp3) is 0.222. The quantitative estimate of drug-likeness (QED) is 0.594. The van der Waals surface area contributed by atoms with Gasteiger partial charge in [0.1, 0.15) is 12.1 Å². The average Bonchev–Trinajstić information content (AvgIpc) is 2.21. The van der Waals surface area contributed by atoms with E-state index in [1.54, 1.807) is 12.1 Å². The highest BCUT2D eigenvalue weighted by atomic mass is 32.2. The molecule has 0 bridgehead atoms. The van der Waals surface area contributed by atoms with Gasteiger partial charge >= 0.3 is 0 Å². The van der Waals surface area contributed by atoms with Gasteiger partial charge in [0.15, 0.2) is 5.17 Å². The third-order valence-electron chi connectivity index (χ3n) is 1.69. The third-order valence-corrected chi connectivity index (χ3v) is 1.94. The van der Waals surface area contributed by atoms with Crippen LogP contribution in [0.1, 0.15) is 5.56 Å². The smallest absolute Gasteiger partial charge is 0.192 e. The molecule has 1 rings (SSSR count). The van der Waals surface area contributed by atoms with E-state index in [1.165, 1.54) is 0 Å². The molecule has 0 saturated heterocycles. The molecule has 0 unspecified atom stereocenters. The first kappa shape index (κ1) is 11.0. The van der Waals surface area contributed by atoms with E-state index in [-0.39, 0.29) is 17.3 Å². The number of rotatable bonds is 3. The lowest BCUT2D eigenvalue weighted by Gasteiger charge is -1.99. The van der Waals surface area contributed by atoms with Crippen LogP contribution in [0.2, 0.25) is 0 Å². The van der Waals surface area contributed by atoms with Gasteiger partial charge in [0.25, 0.3) is 0 Å². The first-order valence-corrected chi connectivity index (χ1v) is 4.89. The highest BCUT2D eigenvalue weighted by molar-refractivity contribution is 8.09. The number of benzene rings is 1. The molecule has 0 atom stereocenters. The lowest BCUT2D eigenvalue weighted by atomic mass is 10.1. The van der Waals surface area contributed by atoms with Crippen molar-refractivity contribution < 1.29 is 3.89 Å². The van der Waals surface area contributed by atoms with Gasteiger partial charge in [0.2, 0.25) is 0 Å². The van der Waals surface area contributed by atoms with Crippen molar-refractivity contribution in [1.82, 2.24) is 0 Å². The number of hydrogen-bond donors (Lipinski definition) is 2. The minimum absolute atomic E-state index is 0.0582. The highest BCUT2D eigenvalue weighted by Gasteiger charge is 1.95. The van der Waals surface area contributed by atoms with Crippen LogP contribution in [0.25, 0.3) is 0 Å². The largest absolute Gasteiger partial charge is 0.376 e. The molecule has 0 saturated carbocycles. The van der Waals surface area contributed by atoms with Crippen LogP contribution >= 0.6 is 12.1 Å². The summed E-state index contributed by atoms with van der Waals surface area (Å²) < 4.78 is 11.9. The zero-order valence-corrected chi connectivity index (χ0v) is 8.43. The molecule has 0 amide bonds. The van der Waals surface area contributed by atoms with Crippen molar-refractivity contribution >= 4 is 23.0 Å². The third kappa shape index (κ3) is 3.35. The summed E-state index contributed by atoms with van der Waals surface area (Å²) in [6, 6.07) is 7.38. The summed E-state index contributed by atoms with van der Waals surface area (Å²) in [6.07, 6.45) is 0.831. The molecule has 0 heterocycles. The lowest BCUT2D eigenvalue weighted by molar-refractivity contribution is 0.949. The summed E-state index contributed by atoms with van der Waals surface area (Å²) in [4.78, 5) is 3.83. The van der Waals surface area contributed by atoms with Gasteiger partial charge in [-0.05, 0) is 30.7 Å². The molecule has 0 aromatic heterocycles. The summed E-state index contributed by atoms with van der Waals surface area (Å²) >= 11 is -0.0582.